The van der Waals surface area contributed by atoms with Gasteiger partial charge in [-0.3, -0.25) is 14.5 Å². The molecule has 1 aliphatic heterocycles. The number of benzene rings is 2. The van der Waals surface area contributed by atoms with Gasteiger partial charge in [-0.2, -0.15) is 0 Å². The number of fused-ring (bicyclic) bond motifs is 2. The average molecular weight is 437 g/mol. The van der Waals surface area contributed by atoms with Crippen LogP contribution in [0.5, 0.6) is 5.75 Å². The number of methoxy groups -OCH3 is 1. The molecule has 0 N–H and O–H groups in total. The van der Waals surface area contributed by atoms with E-state index in [0.717, 1.165) is 5.56 Å². The van der Waals surface area contributed by atoms with Crippen molar-refractivity contribution in [3.05, 3.63) is 85.9 Å². The summed E-state index contributed by atoms with van der Waals surface area (Å²) in [7, 11) is 1.57. The maximum atomic E-state index is 13.6. The van der Waals surface area contributed by atoms with Gasteiger partial charge in [0.25, 0.3) is 5.91 Å². The minimum atomic E-state index is -0.737. The van der Waals surface area contributed by atoms with Crippen LogP contribution in [0.3, 0.4) is 0 Å². The van der Waals surface area contributed by atoms with Gasteiger partial charge in [0.2, 0.25) is 5.76 Å². The lowest BCUT2D eigenvalue weighted by Gasteiger charge is -2.22. The number of amides is 1. The number of aromatic nitrogens is 1. The van der Waals surface area contributed by atoms with Gasteiger partial charge in [-0.1, -0.05) is 28.9 Å². The lowest BCUT2D eigenvalue weighted by Crippen LogP contribution is -2.29. The molecule has 0 saturated carbocycles. The van der Waals surface area contributed by atoms with Crippen molar-refractivity contribution in [3.8, 4) is 5.75 Å². The van der Waals surface area contributed by atoms with Gasteiger partial charge in [0, 0.05) is 11.1 Å². The summed E-state index contributed by atoms with van der Waals surface area (Å²) in [5.74, 6) is 1.02. The van der Waals surface area contributed by atoms with E-state index in [9.17, 15) is 9.59 Å². The van der Waals surface area contributed by atoms with Gasteiger partial charge in [-0.15, -0.1) is 0 Å². The average Bonchev–Trinajstić information content (AvgIpc) is 3.31. The molecule has 31 heavy (non-hydrogen) atoms. The topological polar surface area (TPSA) is 85.8 Å². The minimum Gasteiger partial charge on any atom is -0.497 e. The van der Waals surface area contributed by atoms with Crippen molar-refractivity contribution in [1.82, 2.24) is 5.16 Å². The van der Waals surface area contributed by atoms with Crippen LogP contribution < -0.4 is 15.1 Å². The van der Waals surface area contributed by atoms with Crippen LogP contribution in [-0.2, 0) is 0 Å². The molecule has 1 amide bonds. The maximum Gasteiger partial charge on any atom is 0.296 e. The van der Waals surface area contributed by atoms with Gasteiger partial charge in [0.15, 0.2) is 11.2 Å². The second-order valence-corrected chi connectivity index (χ2v) is 7.83. The highest BCUT2D eigenvalue weighted by Crippen LogP contribution is 2.41. The number of rotatable bonds is 3. The molecule has 3 heterocycles. The first-order valence-electron chi connectivity index (χ1n) is 9.56. The lowest BCUT2D eigenvalue weighted by atomic mass is 9.98. The van der Waals surface area contributed by atoms with Crippen molar-refractivity contribution in [1.29, 1.82) is 0 Å². The normalized spacial score (nSPS) is 15.5. The Balaban J connectivity index is 1.80. The summed E-state index contributed by atoms with van der Waals surface area (Å²) in [4.78, 5) is 28.4. The molecule has 5 rings (SSSR count). The molecule has 7 nitrogen and oxygen atoms in total. The monoisotopic (exact) mass is 436 g/mol. The zero-order chi connectivity index (χ0) is 21.9. The van der Waals surface area contributed by atoms with Gasteiger partial charge in [-0.05, 0) is 49.2 Å². The molecule has 8 heteroatoms. The Morgan fingerprint density at radius 2 is 1.84 bits per heavy atom. The van der Waals surface area contributed by atoms with Gasteiger partial charge >= 0.3 is 0 Å². The second kappa shape index (κ2) is 6.99. The Labute approximate surface area is 181 Å². The lowest BCUT2D eigenvalue weighted by molar-refractivity contribution is 0.0969. The van der Waals surface area contributed by atoms with Crippen molar-refractivity contribution in [2.45, 2.75) is 19.9 Å². The smallest absolute Gasteiger partial charge is 0.296 e. The van der Waals surface area contributed by atoms with Gasteiger partial charge in [-0.25, -0.2) is 0 Å². The highest BCUT2D eigenvalue weighted by molar-refractivity contribution is 6.32. The van der Waals surface area contributed by atoms with E-state index in [1.54, 1.807) is 63.4 Å². The van der Waals surface area contributed by atoms with Crippen LogP contribution in [0.15, 0.2) is 56.2 Å². The molecule has 0 radical (unpaired) electrons. The second-order valence-electron chi connectivity index (χ2n) is 7.42. The number of ether oxygens (including phenoxy) is 1. The Hall–Kier alpha value is -3.58. The molecule has 0 aliphatic carbocycles. The first kappa shape index (κ1) is 19.4. The van der Waals surface area contributed by atoms with Crippen LogP contribution in [0.1, 0.15) is 39.0 Å². The Morgan fingerprint density at radius 3 is 2.48 bits per heavy atom. The number of carbonyl (C=O) groups excluding carboxylic acids is 1. The van der Waals surface area contributed by atoms with Gasteiger partial charge < -0.3 is 13.7 Å². The van der Waals surface area contributed by atoms with Crippen molar-refractivity contribution in [3.63, 3.8) is 0 Å². The van der Waals surface area contributed by atoms with Crippen LogP contribution in [0, 0.1) is 13.8 Å². The fourth-order valence-electron chi connectivity index (χ4n) is 3.90. The first-order chi connectivity index (χ1) is 14.9. The number of aryl methyl sites for hydroxylation is 2. The molecule has 4 aromatic rings. The van der Waals surface area contributed by atoms with E-state index in [2.05, 4.69) is 5.16 Å². The predicted molar refractivity (Wildman–Crippen MR) is 115 cm³/mol. The summed E-state index contributed by atoms with van der Waals surface area (Å²) in [5, 5.41) is 4.78. The van der Waals surface area contributed by atoms with Crippen molar-refractivity contribution in [2.75, 3.05) is 12.0 Å². The Bertz CT molecular complexity index is 1400. The molecule has 0 bridgehead atoms. The SMILES string of the molecule is COc1ccc(C2c3c(oc4cc(C)c(Cl)cc4c3=O)C(=O)N2c2cc(C)on2)cc1. The Morgan fingerprint density at radius 1 is 1.10 bits per heavy atom. The van der Waals surface area contributed by atoms with Crippen molar-refractivity contribution < 1.29 is 18.5 Å². The molecule has 1 unspecified atom stereocenters. The van der Waals surface area contributed by atoms with Crippen molar-refractivity contribution in [2.24, 2.45) is 0 Å². The number of hydrogen-bond acceptors (Lipinski definition) is 6. The first-order valence-corrected chi connectivity index (χ1v) is 9.94. The third-order valence-corrected chi connectivity index (χ3v) is 5.85. The minimum absolute atomic E-state index is 0.0132. The molecule has 1 aliphatic rings. The highest BCUT2D eigenvalue weighted by atomic mass is 35.5. The standard InChI is InChI=1S/C23H17ClN2O5/c1-11-8-17-15(10-16(11)24)21(27)19-20(13-4-6-14(29-3)7-5-13)26(23(28)22(19)30-17)18-9-12(2)31-25-18/h4-10,20H,1-3H3. The van der Waals surface area contributed by atoms with E-state index >= 15 is 0 Å². The molecule has 1 atom stereocenters. The highest BCUT2D eigenvalue weighted by Gasteiger charge is 2.45. The van der Waals surface area contributed by atoms with E-state index in [1.807, 2.05) is 0 Å². The molecule has 0 fully saturated rings. The number of halogens is 1. The molecule has 2 aromatic heterocycles. The zero-order valence-corrected chi connectivity index (χ0v) is 17.7. The largest absolute Gasteiger partial charge is 0.497 e. The molecular formula is C23H17ClN2O5. The quantitative estimate of drug-likeness (QED) is 0.458. The molecule has 2 aromatic carbocycles. The van der Waals surface area contributed by atoms with Crippen LogP contribution in [-0.4, -0.2) is 18.2 Å². The van der Waals surface area contributed by atoms with Crippen LogP contribution in [0.2, 0.25) is 5.02 Å². The fraction of sp³-hybridized carbons (Fsp3) is 0.174. The summed E-state index contributed by atoms with van der Waals surface area (Å²) < 4.78 is 16.4. The number of nitrogens with zero attached hydrogens (tertiary/aromatic N) is 2. The van der Waals surface area contributed by atoms with Crippen molar-refractivity contribution >= 4 is 34.3 Å². The van der Waals surface area contributed by atoms with E-state index in [4.69, 9.17) is 25.3 Å². The van der Waals surface area contributed by atoms with E-state index in [1.165, 1.54) is 4.90 Å². The molecule has 0 saturated heterocycles. The summed E-state index contributed by atoms with van der Waals surface area (Å²) in [6.07, 6.45) is 0. The Kier molecular flexibility index (Phi) is 4.37. The van der Waals surface area contributed by atoms with E-state index < -0.39 is 11.9 Å². The van der Waals surface area contributed by atoms with Crippen LogP contribution in [0.25, 0.3) is 11.0 Å². The third kappa shape index (κ3) is 2.92. The fourth-order valence-corrected chi connectivity index (χ4v) is 4.06. The van der Waals surface area contributed by atoms with Crippen LogP contribution >= 0.6 is 11.6 Å². The predicted octanol–water partition coefficient (Wildman–Crippen LogP) is 4.81. The summed E-state index contributed by atoms with van der Waals surface area (Å²) in [6.45, 7) is 3.54. The summed E-state index contributed by atoms with van der Waals surface area (Å²) in [5.41, 5.74) is 1.70. The number of carbonyl (C=O) groups is 1. The summed E-state index contributed by atoms with van der Waals surface area (Å²) in [6, 6.07) is 11.3. The zero-order valence-electron chi connectivity index (χ0n) is 16.9. The summed E-state index contributed by atoms with van der Waals surface area (Å²) >= 11 is 6.26. The number of anilines is 1. The molecule has 0 spiro atoms. The van der Waals surface area contributed by atoms with Gasteiger partial charge in [0.1, 0.15) is 17.1 Å². The van der Waals surface area contributed by atoms with E-state index in [-0.39, 0.29) is 16.8 Å². The number of hydrogen-bond donors (Lipinski definition) is 0. The van der Waals surface area contributed by atoms with Crippen LogP contribution in [0.4, 0.5) is 5.82 Å². The van der Waals surface area contributed by atoms with E-state index in [0.29, 0.717) is 38.9 Å². The maximum absolute atomic E-state index is 13.6. The molecule has 156 valence electrons. The molecular weight excluding hydrogens is 420 g/mol. The third-order valence-electron chi connectivity index (χ3n) is 5.45. The van der Waals surface area contributed by atoms with Gasteiger partial charge in [0.05, 0.1) is 24.1 Å².